The molecular formula is C15H23F2IN4O. The molecule has 0 aliphatic rings. The molecular weight excluding hydrogens is 417 g/mol. The van der Waals surface area contributed by atoms with Crippen LogP contribution in [0.2, 0.25) is 0 Å². The molecule has 130 valence electrons. The normalized spacial score (nSPS) is 11.6. The first-order chi connectivity index (χ1) is 10.3. The highest BCUT2D eigenvalue weighted by Crippen LogP contribution is 2.12. The topological polar surface area (TPSA) is 79.5 Å². The maximum atomic E-state index is 13.5. The summed E-state index contributed by atoms with van der Waals surface area (Å²) in [7, 11) is 0. The standard InChI is InChI=1S/C15H22F2N4O.HI/c1-4-19-14(21-9-15(2,3)13(18)22)20-8-10-7-11(16)5-6-12(10)17;/h5-7H,4,8-9H2,1-3H3,(H2,18,22)(H2,19,20,21);1H. The van der Waals surface area contributed by atoms with E-state index in [-0.39, 0.29) is 42.6 Å². The highest BCUT2D eigenvalue weighted by atomic mass is 127. The van der Waals surface area contributed by atoms with E-state index in [0.717, 1.165) is 18.2 Å². The Morgan fingerprint density at radius 3 is 2.52 bits per heavy atom. The fraction of sp³-hybridized carbons (Fsp3) is 0.467. The fourth-order valence-electron chi connectivity index (χ4n) is 1.56. The van der Waals surface area contributed by atoms with Gasteiger partial charge in [0.15, 0.2) is 5.96 Å². The Balaban J connectivity index is 0.00000484. The van der Waals surface area contributed by atoms with E-state index in [1.54, 1.807) is 13.8 Å². The lowest BCUT2D eigenvalue weighted by molar-refractivity contribution is -0.125. The van der Waals surface area contributed by atoms with E-state index < -0.39 is 23.0 Å². The lowest BCUT2D eigenvalue weighted by atomic mass is 9.93. The maximum absolute atomic E-state index is 13.5. The summed E-state index contributed by atoms with van der Waals surface area (Å²) in [5.74, 6) is -1.06. The van der Waals surface area contributed by atoms with E-state index in [0.29, 0.717) is 12.5 Å². The van der Waals surface area contributed by atoms with Crippen molar-refractivity contribution in [2.45, 2.75) is 27.3 Å². The molecule has 1 aromatic rings. The summed E-state index contributed by atoms with van der Waals surface area (Å²) in [5.41, 5.74) is 4.71. The smallest absolute Gasteiger partial charge is 0.224 e. The Morgan fingerprint density at radius 2 is 1.96 bits per heavy atom. The molecule has 0 aliphatic heterocycles. The number of carbonyl (C=O) groups is 1. The van der Waals surface area contributed by atoms with Crippen LogP contribution in [0.1, 0.15) is 26.3 Å². The number of amides is 1. The predicted molar refractivity (Wildman–Crippen MR) is 97.6 cm³/mol. The molecule has 8 heteroatoms. The van der Waals surface area contributed by atoms with Crippen LogP contribution in [-0.2, 0) is 11.3 Å². The van der Waals surface area contributed by atoms with E-state index in [4.69, 9.17) is 5.73 Å². The van der Waals surface area contributed by atoms with Gasteiger partial charge in [-0.1, -0.05) is 0 Å². The average Bonchev–Trinajstić information content (AvgIpc) is 2.45. The SMILES string of the molecule is CCNC(=NCc1cc(F)ccc1F)NCC(C)(C)C(N)=O.I. The molecule has 0 heterocycles. The van der Waals surface area contributed by atoms with Gasteiger partial charge in [-0.05, 0) is 39.0 Å². The van der Waals surface area contributed by atoms with Gasteiger partial charge in [-0.2, -0.15) is 0 Å². The average molecular weight is 440 g/mol. The summed E-state index contributed by atoms with van der Waals surface area (Å²) in [6, 6.07) is 3.23. The molecule has 0 aromatic heterocycles. The quantitative estimate of drug-likeness (QED) is 0.361. The number of carbonyl (C=O) groups excluding carboxylic acids is 1. The number of aliphatic imine (C=N–C) groups is 1. The summed E-state index contributed by atoms with van der Waals surface area (Å²) in [4.78, 5) is 15.5. The lowest BCUT2D eigenvalue weighted by Crippen LogP contribution is -2.46. The second-order valence-electron chi connectivity index (χ2n) is 5.53. The summed E-state index contributed by atoms with van der Waals surface area (Å²) in [6.45, 7) is 6.14. The Hall–Kier alpha value is -1.45. The van der Waals surface area contributed by atoms with Crippen molar-refractivity contribution < 1.29 is 13.6 Å². The Bertz CT molecular complexity index is 564. The first-order valence-electron chi connectivity index (χ1n) is 7.02. The number of hydrogen-bond donors (Lipinski definition) is 3. The Kier molecular flexibility index (Phi) is 9.03. The van der Waals surface area contributed by atoms with Gasteiger partial charge < -0.3 is 16.4 Å². The van der Waals surface area contributed by atoms with Crippen LogP contribution in [0.4, 0.5) is 8.78 Å². The van der Waals surface area contributed by atoms with Crippen LogP contribution in [-0.4, -0.2) is 25.0 Å². The minimum absolute atomic E-state index is 0. The third-order valence-corrected chi connectivity index (χ3v) is 3.12. The van der Waals surface area contributed by atoms with Gasteiger partial charge in [0.1, 0.15) is 11.6 Å². The number of guanidine groups is 1. The zero-order chi connectivity index (χ0) is 16.8. The molecule has 0 radical (unpaired) electrons. The third kappa shape index (κ3) is 7.10. The van der Waals surface area contributed by atoms with E-state index in [1.807, 2.05) is 6.92 Å². The van der Waals surface area contributed by atoms with Crippen molar-refractivity contribution in [2.24, 2.45) is 16.1 Å². The number of benzene rings is 1. The number of nitrogens with one attached hydrogen (secondary N) is 2. The Morgan fingerprint density at radius 1 is 1.30 bits per heavy atom. The van der Waals surface area contributed by atoms with Crippen LogP contribution < -0.4 is 16.4 Å². The summed E-state index contributed by atoms with van der Waals surface area (Å²) < 4.78 is 26.7. The number of nitrogens with zero attached hydrogens (tertiary/aromatic N) is 1. The monoisotopic (exact) mass is 440 g/mol. The molecule has 0 fully saturated rings. The highest BCUT2D eigenvalue weighted by molar-refractivity contribution is 14.0. The predicted octanol–water partition coefficient (Wildman–Crippen LogP) is 2.15. The summed E-state index contributed by atoms with van der Waals surface area (Å²) in [6.07, 6.45) is 0. The second kappa shape index (κ2) is 9.64. The van der Waals surface area contributed by atoms with Crippen molar-refractivity contribution in [2.75, 3.05) is 13.1 Å². The number of primary amides is 1. The van der Waals surface area contributed by atoms with Crippen LogP contribution in [0.25, 0.3) is 0 Å². The maximum Gasteiger partial charge on any atom is 0.224 e. The van der Waals surface area contributed by atoms with Gasteiger partial charge in [0.2, 0.25) is 5.91 Å². The summed E-state index contributed by atoms with van der Waals surface area (Å²) in [5, 5.41) is 5.94. The number of halogens is 3. The highest BCUT2D eigenvalue weighted by Gasteiger charge is 2.24. The van der Waals surface area contributed by atoms with Crippen molar-refractivity contribution in [3.8, 4) is 0 Å². The number of hydrogen-bond acceptors (Lipinski definition) is 2. The first kappa shape index (κ1) is 21.6. The van der Waals surface area contributed by atoms with Gasteiger partial charge in [-0.15, -0.1) is 24.0 Å². The Labute approximate surface area is 152 Å². The lowest BCUT2D eigenvalue weighted by Gasteiger charge is -2.22. The zero-order valence-corrected chi connectivity index (χ0v) is 15.8. The third-order valence-electron chi connectivity index (χ3n) is 3.12. The second-order valence-corrected chi connectivity index (χ2v) is 5.53. The molecule has 0 bridgehead atoms. The van der Waals surface area contributed by atoms with Crippen molar-refractivity contribution in [3.63, 3.8) is 0 Å². The van der Waals surface area contributed by atoms with Crippen LogP contribution in [0.15, 0.2) is 23.2 Å². The molecule has 0 unspecified atom stereocenters. The molecule has 0 aliphatic carbocycles. The van der Waals surface area contributed by atoms with Gasteiger partial charge in [0, 0.05) is 18.7 Å². The van der Waals surface area contributed by atoms with E-state index in [9.17, 15) is 13.6 Å². The minimum atomic E-state index is -0.750. The number of rotatable bonds is 6. The van der Waals surface area contributed by atoms with E-state index >= 15 is 0 Å². The molecule has 4 N–H and O–H groups in total. The van der Waals surface area contributed by atoms with Gasteiger partial charge in [0.25, 0.3) is 0 Å². The zero-order valence-electron chi connectivity index (χ0n) is 13.5. The molecule has 1 aromatic carbocycles. The van der Waals surface area contributed by atoms with Crippen molar-refractivity contribution >= 4 is 35.8 Å². The van der Waals surface area contributed by atoms with Gasteiger partial charge in [-0.3, -0.25) is 4.79 Å². The summed E-state index contributed by atoms with van der Waals surface area (Å²) >= 11 is 0. The van der Waals surface area contributed by atoms with Crippen molar-refractivity contribution in [1.29, 1.82) is 0 Å². The molecule has 0 atom stereocenters. The van der Waals surface area contributed by atoms with E-state index in [1.165, 1.54) is 0 Å². The van der Waals surface area contributed by atoms with Crippen molar-refractivity contribution in [1.82, 2.24) is 10.6 Å². The van der Waals surface area contributed by atoms with Crippen LogP contribution >= 0.6 is 24.0 Å². The molecule has 1 amide bonds. The largest absolute Gasteiger partial charge is 0.369 e. The van der Waals surface area contributed by atoms with Crippen molar-refractivity contribution in [3.05, 3.63) is 35.4 Å². The molecule has 5 nitrogen and oxygen atoms in total. The fourth-order valence-corrected chi connectivity index (χ4v) is 1.56. The van der Waals surface area contributed by atoms with Crippen LogP contribution in [0, 0.1) is 17.0 Å². The molecule has 0 saturated heterocycles. The van der Waals surface area contributed by atoms with Gasteiger partial charge in [0.05, 0.1) is 12.0 Å². The minimum Gasteiger partial charge on any atom is -0.369 e. The van der Waals surface area contributed by atoms with Crippen LogP contribution in [0.5, 0.6) is 0 Å². The molecule has 23 heavy (non-hydrogen) atoms. The van der Waals surface area contributed by atoms with Crippen LogP contribution in [0.3, 0.4) is 0 Å². The molecule has 1 rings (SSSR count). The van der Waals surface area contributed by atoms with Gasteiger partial charge >= 0.3 is 0 Å². The van der Waals surface area contributed by atoms with Gasteiger partial charge in [-0.25, -0.2) is 13.8 Å². The first-order valence-corrected chi connectivity index (χ1v) is 7.02. The molecule has 0 saturated carbocycles. The van der Waals surface area contributed by atoms with E-state index in [2.05, 4.69) is 15.6 Å². The number of nitrogens with two attached hydrogens (primary N) is 1. The molecule has 0 spiro atoms.